The predicted octanol–water partition coefficient (Wildman–Crippen LogP) is 3.29. The zero-order chi connectivity index (χ0) is 27.1. The van der Waals surface area contributed by atoms with Crippen molar-refractivity contribution in [2.45, 2.75) is 24.8 Å². The molecule has 2 aromatic carbocycles. The number of amides is 3. The van der Waals surface area contributed by atoms with Crippen molar-refractivity contribution in [3.05, 3.63) is 89.4 Å². The number of carbonyl (C=O) groups is 3. The maximum Gasteiger partial charge on any atom is 0.262 e. The number of rotatable bonds is 9. The van der Waals surface area contributed by atoms with Crippen LogP contribution in [0.2, 0.25) is 0 Å². The SMILES string of the molecule is O=C(Cc1cccc2ccccc12)NCCNC(=O)C1(NC(=O)c2ccc(-c3ccccn3)s2)CCNCC1. The van der Waals surface area contributed by atoms with Gasteiger partial charge in [0.05, 0.1) is 21.9 Å². The van der Waals surface area contributed by atoms with Crippen molar-refractivity contribution in [1.82, 2.24) is 26.3 Å². The number of pyridine rings is 1. The van der Waals surface area contributed by atoms with E-state index in [9.17, 15) is 14.4 Å². The number of benzene rings is 2. The molecular formula is C30H31N5O3S. The van der Waals surface area contributed by atoms with Crippen LogP contribution >= 0.6 is 11.3 Å². The summed E-state index contributed by atoms with van der Waals surface area (Å²) in [5.74, 6) is -0.614. The van der Waals surface area contributed by atoms with Crippen LogP contribution in [0, 0.1) is 0 Å². The smallest absolute Gasteiger partial charge is 0.262 e. The number of hydrogen-bond donors (Lipinski definition) is 4. The Morgan fingerprint density at radius 2 is 1.64 bits per heavy atom. The molecule has 0 unspecified atom stereocenters. The summed E-state index contributed by atoms with van der Waals surface area (Å²) >= 11 is 1.35. The summed E-state index contributed by atoms with van der Waals surface area (Å²) in [6, 6.07) is 23.2. The Balaban J connectivity index is 1.15. The van der Waals surface area contributed by atoms with Crippen molar-refractivity contribution in [1.29, 1.82) is 0 Å². The van der Waals surface area contributed by atoms with Crippen LogP contribution in [0.1, 0.15) is 28.1 Å². The van der Waals surface area contributed by atoms with Crippen LogP contribution in [0.15, 0.2) is 79.0 Å². The summed E-state index contributed by atoms with van der Waals surface area (Å²) in [5.41, 5.74) is 0.758. The van der Waals surface area contributed by atoms with Crippen molar-refractivity contribution >= 4 is 39.8 Å². The molecule has 0 saturated carbocycles. The van der Waals surface area contributed by atoms with Crippen molar-refractivity contribution < 1.29 is 14.4 Å². The Kier molecular flexibility index (Phi) is 8.29. The Morgan fingerprint density at radius 3 is 2.46 bits per heavy atom. The third kappa shape index (κ3) is 6.32. The monoisotopic (exact) mass is 541 g/mol. The van der Waals surface area contributed by atoms with Gasteiger partial charge >= 0.3 is 0 Å². The zero-order valence-corrected chi connectivity index (χ0v) is 22.4. The Morgan fingerprint density at radius 1 is 0.872 bits per heavy atom. The fraction of sp³-hybridized carbons (Fsp3) is 0.267. The lowest BCUT2D eigenvalue weighted by Crippen LogP contribution is -2.63. The summed E-state index contributed by atoms with van der Waals surface area (Å²) < 4.78 is 0. The number of carbonyl (C=O) groups excluding carboxylic acids is 3. The number of hydrogen-bond acceptors (Lipinski definition) is 6. The quantitative estimate of drug-likeness (QED) is 0.243. The Labute approximate surface area is 231 Å². The van der Waals surface area contributed by atoms with Crippen molar-refractivity contribution in [3.8, 4) is 10.6 Å². The third-order valence-electron chi connectivity index (χ3n) is 6.96. The Bertz CT molecular complexity index is 1460. The van der Waals surface area contributed by atoms with Crippen LogP contribution in [0.3, 0.4) is 0 Å². The zero-order valence-electron chi connectivity index (χ0n) is 21.5. The van der Waals surface area contributed by atoms with Gasteiger partial charge in [-0.05, 0) is 66.5 Å². The number of nitrogens with zero attached hydrogens (tertiary/aromatic N) is 1. The van der Waals surface area contributed by atoms with E-state index in [0.29, 0.717) is 37.4 Å². The largest absolute Gasteiger partial charge is 0.354 e. The molecule has 4 aromatic rings. The van der Waals surface area contributed by atoms with Gasteiger partial charge in [0.15, 0.2) is 0 Å². The number of aromatic nitrogens is 1. The van der Waals surface area contributed by atoms with Gasteiger partial charge in [0, 0.05) is 19.3 Å². The van der Waals surface area contributed by atoms with Crippen molar-refractivity contribution in [2.24, 2.45) is 0 Å². The number of thiophene rings is 1. The molecule has 1 fully saturated rings. The summed E-state index contributed by atoms with van der Waals surface area (Å²) in [7, 11) is 0. The molecule has 0 aliphatic carbocycles. The molecule has 2 aromatic heterocycles. The van der Waals surface area contributed by atoms with Gasteiger partial charge in [-0.3, -0.25) is 19.4 Å². The summed E-state index contributed by atoms with van der Waals surface area (Å²) in [5, 5.41) is 14.3. The minimum Gasteiger partial charge on any atom is -0.354 e. The highest BCUT2D eigenvalue weighted by molar-refractivity contribution is 7.17. The minimum atomic E-state index is -1.01. The first-order valence-electron chi connectivity index (χ1n) is 13.1. The number of fused-ring (bicyclic) bond motifs is 1. The average molecular weight is 542 g/mol. The van der Waals surface area contributed by atoms with E-state index in [-0.39, 0.29) is 30.7 Å². The highest BCUT2D eigenvalue weighted by Gasteiger charge is 2.41. The second-order valence-corrected chi connectivity index (χ2v) is 10.7. The molecule has 39 heavy (non-hydrogen) atoms. The molecule has 3 amide bonds. The first kappa shape index (κ1) is 26.5. The molecule has 0 atom stereocenters. The van der Waals surface area contributed by atoms with E-state index < -0.39 is 5.54 Å². The topological polar surface area (TPSA) is 112 Å². The highest BCUT2D eigenvalue weighted by atomic mass is 32.1. The third-order valence-corrected chi connectivity index (χ3v) is 8.06. The standard InChI is InChI=1S/C30H31N5O3S/c36-27(20-22-8-5-7-21-6-1-2-9-23(21)22)33-18-19-34-29(38)30(13-16-31-17-14-30)35-28(37)26-12-11-25(39-26)24-10-3-4-15-32-24/h1-12,15,31H,13-14,16-20H2,(H,33,36)(H,34,38)(H,35,37). The predicted molar refractivity (Wildman–Crippen MR) is 154 cm³/mol. The molecule has 1 aliphatic rings. The number of piperidine rings is 1. The van der Waals surface area contributed by atoms with E-state index in [1.165, 1.54) is 11.3 Å². The highest BCUT2D eigenvalue weighted by Crippen LogP contribution is 2.28. The number of nitrogens with one attached hydrogen (secondary N) is 4. The minimum absolute atomic E-state index is 0.105. The molecule has 4 N–H and O–H groups in total. The van der Waals surface area contributed by atoms with Crippen LogP contribution in [-0.4, -0.2) is 54.4 Å². The molecule has 9 heteroatoms. The molecule has 1 aliphatic heterocycles. The van der Waals surface area contributed by atoms with Gasteiger partial charge in [0.25, 0.3) is 5.91 Å². The first-order chi connectivity index (χ1) is 19.0. The van der Waals surface area contributed by atoms with Crippen LogP contribution in [0.4, 0.5) is 0 Å². The molecular weight excluding hydrogens is 510 g/mol. The molecule has 200 valence electrons. The normalized spacial score (nSPS) is 14.5. The van der Waals surface area contributed by atoms with Gasteiger partial charge in [-0.15, -0.1) is 11.3 Å². The molecule has 1 saturated heterocycles. The molecule has 3 heterocycles. The van der Waals surface area contributed by atoms with Gasteiger partial charge in [-0.1, -0.05) is 48.5 Å². The molecule has 0 spiro atoms. The van der Waals surface area contributed by atoms with E-state index in [1.54, 1.807) is 12.3 Å². The second-order valence-electron chi connectivity index (χ2n) is 9.59. The molecule has 5 rings (SSSR count). The molecule has 8 nitrogen and oxygen atoms in total. The lowest BCUT2D eigenvalue weighted by atomic mass is 9.87. The summed E-state index contributed by atoms with van der Waals surface area (Å²) in [4.78, 5) is 44.8. The molecule has 0 radical (unpaired) electrons. The van der Waals surface area contributed by atoms with Crippen LogP contribution in [-0.2, 0) is 16.0 Å². The van der Waals surface area contributed by atoms with Gasteiger partial charge < -0.3 is 21.3 Å². The van der Waals surface area contributed by atoms with E-state index >= 15 is 0 Å². The van der Waals surface area contributed by atoms with Gasteiger partial charge in [0.1, 0.15) is 5.54 Å². The van der Waals surface area contributed by atoms with Crippen LogP contribution in [0.25, 0.3) is 21.3 Å². The van der Waals surface area contributed by atoms with Gasteiger partial charge in [-0.2, -0.15) is 0 Å². The lowest BCUT2D eigenvalue weighted by Gasteiger charge is -2.36. The van der Waals surface area contributed by atoms with Gasteiger partial charge in [0.2, 0.25) is 11.8 Å². The Hall–Kier alpha value is -4.08. The summed E-state index contributed by atoms with van der Waals surface area (Å²) in [6.45, 7) is 1.82. The molecule has 0 bridgehead atoms. The van der Waals surface area contributed by atoms with Crippen LogP contribution in [0.5, 0.6) is 0 Å². The van der Waals surface area contributed by atoms with Gasteiger partial charge in [-0.25, -0.2) is 0 Å². The maximum atomic E-state index is 13.3. The van der Waals surface area contributed by atoms with E-state index in [1.807, 2.05) is 66.7 Å². The second kappa shape index (κ2) is 12.2. The van der Waals surface area contributed by atoms with Crippen molar-refractivity contribution in [3.63, 3.8) is 0 Å². The van der Waals surface area contributed by atoms with Crippen LogP contribution < -0.4 is 21.3 Å². The van der Waals surface area contributed by atoms with E-state index in [4.69, 9.17) is 0 Å². The van der Waals surface area contributed by atoms with Crippen molar-refractivity contribution in [2.75, 3.05) is 26.2 Å². The fourth-order valence-corrected chi connectivity index (χ4v) is 5.75. The average Bonchev–Trinajstić information content (AvgIpc) is 3.47. The maximum absolute atomic E-state index is 13.3. The van der Waals surface area contributed by atoms with E-state index in [0.717, 1.165) is 26.9 Å². The first-order valence-corrected chi connectivity index (χ1v) is 13.9. The lowest BCUT2D eigenvalue weighted by molar-refractivity contribution is -0.128. The van der Waals surface area contributed by atoms with E-state index in [2.05, 4.69) is 26.3 Å². The summed E-state index contributed by atoms with van der Waals surface area (Å²) in [6.07, 6.45) is 2.95. The fourth-order valence-electron chi connectivity index (χ4n) is 4.88.